The van der Waals surface area contributed by atoms with Crippen LogP contribution in [0, 0.1) is 6.85 Å². The van der Waals surface area contributed by atoms with Gasteiger partial charge in [-0.25, -0.2) is 4.98 Å². The highest BCUT2D eigenvalue weighted by molar-refractivity contribution is 6.08. The van der Waals surface area contributed by atoms with E-state index in [1.54, 1.807) is 24.3 Å². The van der Waals surface area contributed by atoms with Crippen molar-refractivity contribution >= 4 is 22.1 Å². The maximum atomic E-state index is 8.85. The lowest BCUT2D eigenvalue weighted by Crippen LogP contribution is -2.10. The molecule has 0 saturated carbocycles. The molecule has 3 aromatic heterocycles. The van der Waals surface area contributed by atoms with Crippen molar-refractivity contribution in [3.8, 4) is 11.3 Å². The third-order valence-electron chi connectivity index (χ3n) is 5.50. The number of aryl methyl sites for hydroxylation is 3. The monoisotopic (exact) mass is 427 g/mol. The van der Waals surface area contributed by atoms with E-state index < -0.39 is 19.6 Å². The topological polar surface area (TPSA) is 38.9 Å². The van der Waals surface area contributed by atoms with Gasteiger partial charge in [-0.15, -0.1) is 0 Å². The summed E-state index contributed by atoms with van der Waals surface area (Å²) in [6.07, 6.45) is -3.26. The Morgan fingerprint density at radius 1 is 0.906 bits per heavy atom. The Morgan fingerprint density at radius 3 is 2.50 bits per heavy atom. The molecular formula is C29H28N2O. The van der Waals surface area contributed by atoms with E-state index >= 15 is 0 Å². The van der Waals surface area contributed by atoms with E-state index in [9.17, 15) is 0 Å². The molecule has 3 heterocycles. The number of aromatic nitrogens is 2. The molecular weight excluding hydrogens is 392 g/mol. The summed E-state index contributed by atoms with van der Waals surface area (Å²) in [4.78, 5) is 8.64. The highest BCUT2D eigenvalue weighted by Gasteiger charge is 2.15. The number of fused-ring (bicyclic) bond motifs is 3. The number of rotatable bonds is 4. The second kappa shape index (κ2) is 7.90. The van der Waals surface area contributed by atoms with Gasteiger partial charge in [0.25, 0.3) is 0 Å². The molecule has 3 heteroatoms. The molecule has 3 nitrogen and oxygen atoms in total. The van der Waals surface area contributed by atoms with Crippen LogP contribution in [-0.4, -0.2) is 9.97 Å². The number of pyridine rings is 2. The Morgan fingerprint density at radius 2 is 1.72 bits per heavy atom. The second-order valence-electron chi connectivity index (χ2n) is 8.84. The molecule has 0 aliphatic heterocycles. The molecule has 0 unspecified atom stereocenters. The molecule has 0 aliphatic carbocycles. The third kappa shape index (κ3) is 3.91. The molecule has 2 aromatic carbocycles. The van der Waals surface area contributed by atoms with Crippen LogP contribution in [0.25, 0.3) is 33.3 Å². The quantitative estimate of drug-likeness (QED) is 0.299. The standard InChI is InChI=1S/C29H28N2O/c1-19-8-15-24-23-6-5-7-25(27(23)32-28(24)31-19)26-18-21(16-17-30-26)10-9-20-11-13-22(14-12-20)29(2,3)4/h5-8,11-18H,9-10H2,1-4H3/i1D3,9D2,10D2. The predicted octanol–water partition coefficient (Wildman–Crippen LogP) is 7.43. The molecule has 32 heavy (non-hydrogen) atoms. The van der Waals surface area contributed by atoms with Crippen LogP contribution in [0.15, 0.2) is 77.3 Å². The summed E-state index contributed by atoms with van der Waals surface area (Å²) in [5, 5.41) is 1.37. The van der Waals surface area contributed by atoms with E-state index in [1.165, 1.54) is 24.4 Å². The third-order valence-corrected chi connectivity index (χ3v) is 5.50. The van der Waals surface area contributed by atoms with E-state index in [4.69, 9.17) is 14.0 Å². The van der Waals surface area contributed by atoms with Gasteiger partial charge in [-0.1, -0.05) is 57.2 Å². The molecule has 0 spiro atoms. The van der Waals surface area contributed by atoms with Gasteiger partial charge >= 0.3 is 0 Å². The molecule has 5 aromatic rings. The second-order valence-corrected chi connectivity index (χ2v) is 8.84. The maximum Gasteiger partial charge on any atom is 0.227 e. The Kier molecular flexibility index (Phi) is 3.42. The fourth-order valence-electron chi connectivity index (χ4n) is 3.73. The largest absolute Gasteiger partial charge is 0.437 e. The molecule has 0 atom stereocenters. The van der Waals surface area contributed by atoms with Crippen LogP contribution in [-0.2, 0) is 18.2 Å². The van der Waals surface area contributed by atoms with Crippen LogP contribution in [0.2, 0.25) is 0 Å². The van der Waals surface area contributed by atoms with Crippen LogP contribution in [0.3, 0.4) is 0 Å². The fourth-order valence-corrected chi connectivity index (χ4v) is 3.73. The van der Waals surface area contributed by atoms with Gasteiger partial charge in [0.05, 0.1) is 5.69 Å². The number of benzene rings is 2. The lowest BCUT2D eigenvalue weighted by atomic mass is 9.86. The van der Waals surface area contributed by atoms with Gasteiger partial charge in [0.1, 0.15) is 5.58 Å². The summed E-state index contributed by atoms with van der Waals surface area (Å²) in [5.41, 5.74) is 2.83. The number of furan rings is 1. The fraction of sp³-hybridized carbons (Fsp3) is 0.241. The van der Waals surface area contributed by atoms with Crippen LogP contribution < -0.4 is 0 Å². The molecule has 0 amide bonds. The van der Waals surface area contributed by atoms with Gasteiger partial charge in [0.2, 0.25) is 5.71 Å². The van der Waals surface area contributed by atoms with Crippen molar-refractivity contribution in [2.45, 2.75) is 45.8 Å². The molecule has 5 rings (SSSR count). The first-order valence-corrected chi connectivity index (χ1v) is 10.5. The smallest absolute Gasteiger partial charge is 0.227 e. The summed E-state index contributed by atoms with van der Waals surface area (Å²) in [7, 11) is 0. The van der Waals surface area contributed by atoms with Gasteiger partial charge in [-0.2, -0.15) is 0 Å². The van der Waals surface area contributed by atoms with Gasteiger partial charge < -0.3 is 4.42 Å². The first-order chi connectivity index (χ1) is 18.1. The minimum atomic E-state index is -2.38. The van der Waals surface area contributed by atoms with E-state index in [0.29, 0.717) is 22.2 Å². The lowest BCUT2D eigenvalue weighted by molar-refractivity contribution is 0.590. The summed E-state index contributed by atoms with van der Waals surface area (Å²) < 4.78 is 64.2. The van der Waals surface area contributed by atoms with Crippen molar-refractivity contribution in [2.24, 2.45) is 0 Å². The Labute approximate surface area is 199 Å². The highest BCUT2D eigenvalue weighted by atomic mass is 16.3. The predicted molar refractivity (Wildman–Crippen MR) is 132 cm³/mol. The molecule has 0 saturated heterocycles. The molecule has 0 N–H and O–H groups in total. The molecule has 0 fully saturated rings. The van der Waals surface area contributed by atoms with Crippen LogP contribution in [0.1, 0.15) is 52.8 Å². The summed E-state index contributed by atoms with van der Waals surface area (Å²) in [6.45, 7) is 3.84. The average Bonchev–Trinajstić information content (AvgIpc) is 3.26. The minimum absolute atomic E-state index is 0.0679. The zero-order chi connectivity index (χ0) is 28.4. The summed E-state index contributed by atoms with van der Waals surface area (Å²) >= 11 is 0. The van der Waals surface area contributed by atoms with Crippen LogP contribution in [0.5, 0.6) is 0 Å². The van der Waals surface area contributed by atoms with Crippen molar-refractivity contribution in [1.29, 1.82) is 0 Å². The van der Waals surface area contributed by atoms with Crippen LogP contribution >= 0.6 is 0 Å². The van der Waals surface area contributed by atoms with E-state index in [1.807, 2.05) is 24.3 Å². The molecule has 160 valence electrons. The Balaban J connectivity index is 1.58. The van der Waals surface area contributed by atoms with E-state index in [-0.39, 0.29) is 27.9 Å². The summed E-state index contributed by atoms with van der Waals surface area (Å²) in [6, 6.07) is 18.5. The first kappa shape index (κ1) is 13.8. The Bertz CT molecular complexity index is 1680. The average molecular weight is 428 g/mol. The van der Waals surface area contributed by atoms with Crippen molar-refractivity contribution in [3.63, 3.8) is 0 Å². The van der Waals surface area contributed by atoms with Crippen molar-refractivity contribution in [1.82, 2.24) is 9.97 Å². The van der Waals surface area contributed by atoms with Crippen molar-refractivity contribution in [3.05, 3.63) is 95.3 Å². The highest BCUT2D eigenvalue weighted by Crippen LogP contribution is 2.34. The molecule has 0 aliphatic rings. The van der Waals surface area contributed by atoms with Gasteiger partial charge in [-0.3, -0.25) is 4.98 Å². The van der Waals surface area contributed by atoms with Crippen molar-refractivity contribution < 1.29 is 14.0 Å². The lowest BCUT2D eigenvalue weighted by Gasteiger charge is -2.19. The van der Waals surface area contributed by atoms with E-state index in [2.05, 4.69) is 30.7 Å². The zero-order valence-electron chi connectivity index (χ0n) is 25.2. The van der Waals surface area contributed by atoms with E-state index in [0.717, 1.165) is 10.9 Å². The number of nitrogens with zero attached hydrogens (tertiary/aromatic N) is 2. The minimum Gasteiger partial charge on any atom is -0.437 e. The molecule has 0 bridgehead atoms. The van der Waals surface area contributed by atoms with Crippen molar-refractivity contribution in [2.75, 3.05) is 0 Å². The molecule has 0 radical (unpaired) electrons. The first-order valence-electron chi connectivity index (χ1n) is 14.0. The van der Waals surface area contributed by atoms with Gasteiger partial charge in [0.15, 0.2) is 0 Å². The van der Waals surface area contributed by atoms with Gasteiger partial charge in [-0.05, 0) is 72.0 Å². The number of hydrogen-bond acceptors (Lipinski definition) is 3. The number of hydrogen-bond donors (Lipinski definition) is 0. The Hall–Kier alpha value is -3.46. The number of para-hydroxylation sites is 1. The van der Waals surface area contributed by atoms with Gasteiger partial charge in [0, 0.05) is 37.8 Å². The van der Waals surface area contributed by atoms with Crippen LogP contribution in [0.4, 0.5) is 0 Å². The zero-order valence-corrected chi connectivity index (χ0v) is 18.2. The SMILES string of the molecule is [2H]C([2H])([2H])c1ccc2c(n1)oc1c(-c3cc(C([2H])([2H])C([2H])([2H])c4ccc(C(C)(C)C)cc4)ccn3)cccc12. The summed E-state index contributed by atoms with van der Waals surface area (Å²) in [5.74, 6) is 0. The normalized spacial score (nSPS) is 16.5. The maximum absolute atomic E-state index is 8.85.